The normalized spacial score (nSPS) is 12.4. The maximum atomic E-state index is 13.4. The number of aryl methyl sites for hydroxylation is 2. The summed E-state index contributed by atoms with van der Waals surface area (Å²) < 4.78 is 13.4. The molecule has 0 aliphatic rings. The van der Waals surface area contributed by atoms with Crippen molar-refractivity contribution < 1.29 is 9.50 Å². The molecule has 0 bridgehead atoms. The van der Waals surface area contributed by atoms with E-state index in [4.69, 9.17) is 11.6 Å². The second-order valence-corrected chi connectivity index (χ2v) is 5.58. The minimum absolute atomic E-state index is 0.104. The van der Waals surface area contributed by atoms with Gasteiger partial charge in [-0.1, -0.05) is 47.5 Å². The third-order valence-electron chi connectivity index (χ3n) is 3.45. The highest BCUT2D eigenvalue weighted by Gasteiger charge is 2.13. The number of hydrogen-bond donors (Lipinski definition) is 1. The van der Waals surface area contributed by atoms with Crippen LogP contribution in [0.2, 0.25) is 5.02 Å². The number of aliphatic hydroxyl groups is 1. The molecule has 1 N–H and O–H groups in total. The van der Waals surface area contributed by atoms with Crippen molar-refractivity contribution in [3.8, 4) is 0 Å². The average Bonchev–Trinajstić information content (AvgIpc) is 2.39. The van der Waals surface area contributed by atoms with Gasteiger partial charge in [-0.25, -0.2) is 4.39 Å². The summed E-state index contributed by atoms with van der Waals surface area (Å²) in [6, 6.07) is 10.9. The van der Waals surface area contributed by atoms with Crippen LogP contribution in [0.15, 0.2) is 36.4 Å². The van der Waals surface area contributed by atoms with Crippen LogP contribution < -0.4 is 0 Å². The van der Waals surface area contributed by atoms with E-state index in [-0.39, 0.29) is 5.02 Å². The summed E-state index contributed by atoms with van der Waals surface area (Å²) in [6.07, 6.45) is 0.319. The van der Waals surface area contributed by atoms with Gasteiger partial charge in [0.15, 0.2) is 0 Å². The molecule has 3 heteroatoms. The highest BCUT2D eigenvalue weighted by Crippen LogP contribution is 2.22. The maximum Gasteiger partial charge on any atom is 0.142 e. The molecule has 2 aromatic carbocycles. The molecule has 0 saturated heterocycles. The Morgan fingerprint density at radius 2 is 1.80 bits per heavy atom. The van der Waals surface area contributed by atoms with Crippen LogP contribution in [-0.2, 0) is 12.8 Å². The first-order chi connectivity index (χ1) is 9.47. The summed E-state index contributed by atoms with van der Waals surface area (Å²) >= 11 is 5.91. The van der Waals surface area contributed by atoms with Gasteiger partial charge >= 0.3 is 0 Å². The van der Waals surface area contributed by atoms with Gasteiger partial charge in [0, 0.05) is 6.42 Å². The van der Waals surface area contributed by atoms with Crippen LogP contribution in [-0.4, -0.2) is 11.2 Å². The van der Waals surface area contributed by atoms with Crippen LogP contribution >= 0.6 is 11.6 Å². The number of benzene rings is 2. The van der Waals surface area contributed by atoms with Gasteiger partial charge in [-0.2, -0.15) is 0 Å². The van der Waals surface area contributed by atoms with Crippen LogP contribution in [0, 0.1) is 19.7 Å². The third-order valence-corrected chi connectivity index (χ3v) is 3.87. The molecule has 0 spiro atoms. The van der Waals surface area contributed by atoms with E-state index in [2.05, 4.69) is 12.1 Å². The fraction of sp³-hybridized carbons (Fsp3) is 0.294. The molecule has 1 nitrogen and oxygen atoms in total. The largest absolute Gasteiger partial charge is 0.392 e. The highest BCUT2D eigenvalue weighted by molar-refractivity contribution is 6.31. The Labute approximate surface area is 124 Å². The Kier molecular flexibility index (Phi) is 4.79. The minimum atomic E-state index is -0.574. The summed E-state index contributed by atoms with van der Waals surface area (Å²) in [5, 5.41) is 10.3. The molecule has 1 atom stereocenters. The number of rotatable bonds is 4. The molecule has 0 heterocycles. The van der Waals surface area contributed by atoms with Crippen molar-refractivity contribution in [2.45, 2.75) is 32.8 Å². The lowest BCUT2D eigenvalue weighted by Crippen LogP contribution is -2.15. The second kappa shape index (κ2) is 6.38. The van der Waals surface area contributed by atoms with E-state index >= 15 is 0 Å². The first kappa shape index (κ1) is 15.0. The quantitative estimate of drug-likeness (QED) is 0.893. The zero-order chi connectivity index (χ0) is 14.7. The van der Waals surface area contributed by atoms with Crippen LogP contribution in [0.1, 0.15) is 22.3 Å². The van der Waals surface area contributed by atoms with Crippen molar-refractivity contribution in [1.82, 2.24) is 0 Å². The van der Waals surface area contributed by atoms with E-state index in [1.807, 2.05) is 19.9 Å². The lowest BCUT2D eigenvalue weighted by molar-refractivity contribution is 0.175. The fourth-order valence-corrected chi connectivity index (χ4v) is 2.51. The molecule has 2 aromatic rings. The van der Waals surface area contributed by atoms with Gasteiger partial charge in [0.25, 0.3) is 0 Å². The number of hydrogen-bond acceptors (Lipinski definition) is 1. The number of aliphatic hydroxyl groups excluding tert-OH is 1. The Morgan fingerprint density at radius 1 is 1.10 bits per heavy atom. The molecule has 0 radical (unpaired) electrons. The number of halogens is 2. The zero-order valence-corrected chi connectivity index (χ0v) is 12.4. The summed E-state index contributed by atoms with van der Waals surface area (Å²) in [7, 11) is 0. The first-order valence-corrected chi connectivity index (χ1v) is 7.02. The fourth-order valence-electron chi connectivity index (χ4n) is 2.31. The van der Waals surface area contributed by atoms with Crippen LogP contribution in [0.5, 0.6) is 0 Å². The Bertz CT molecular complexity index is 606. The van der Waals surface area contributed by atoms with E-state index in [0.29, 0.717) is 18.4 Å². The molecule has 0 aliphatic carbocycles. The topological polar surface area (TPSA) is 20.2 Å². The van der Waals surface area contributed by atoms with E-state index in [0.717, 1.165) is 11.1 Å². The molecular formula is C17H18ClFO. The van der Waals surface area contributed by atoms with Gasteiger partial charge in [0.1, 0.15) is 5.82 Å². The molecule has 20 heavy (non-hydrogen) atoms. The van der Waals surface area contributed by atoms with E-state index in [1.54, 1.807) is 12.1 Å². The first-order valence-electron chi connectivity index (χ1n) is 6.64. The molecule has 1 unspecified atom stereocenters. The molecule has 0 fully saturated rings. The minimum Gasteiger partial charge on any atom is -0.392 e. The Balaban J connectivity index is 2.11. The third kappa shape index (κ3) is 3.59. The summed E-state index contributed by atoms with van der Waals surface area (Å²) in [4.78, 5) is 0. The summed E-state index contributed by atoms with van der Waals surface area (Å²) in [5.74, 6) is -0.442. The van der Waals surface area contributed by atoms with Gasteiger partial charge in [0.2, 0.25) is 0 Å². The van der Waals surface area contributed by atoms with Gasteiger partial charge in [-0.3, -0.25) is 0 Å². The van der Waals surface area contributed by atoms with E-state index in [1.165, 1.54) is 11.6 Å². The molecule has 0 aliphatic heterocycles. The van der Waals surface area contributed by atoms with Crippen molar-refractivity contribution in [2.24, 2.45) is 0 Å². The van der Waals surface area contributed by atoms with Crippen molar-refractivity contribution in [3.63, 3.8) is 0 Å². The van der Waals surface area contributed by atoms with Crippen molar-refractivity contribution >= 4 is 11.6 Å². The maximum absolute atomic E-state index is 13.4. The highest BCUT2D eigenvalue weighted by atomic mass is 35.5. The molecule has 0 aromatic heterocycles. The molecule has 0 amide bonds. The second-order valence-electron chi connectivity index (χ2n) is 5.20. The molecule has 0 saturated carbocycles. The van der Waals surface area contributed by atoms with Crippen molar-refractivity contribution in [3.05, 3.63) is 69.5 Å². The predicted molar refractivity (Wildman–Crippen MR) is 80.7 cm³/mol. The van der Waals surface area contributed by atoms with Gasteiger partial charge in [-0.15, -0.1) is 0 Å². The SMILES string of the molecule is Cc1ccc(C)c(CC(O)Cc2cccc(F)c2Cl)c1. The molecule has 106 valence electrons. The molecule has 2 rings (SSSR count). The van der Waals surface area contributed by atoms with Gasteiger partial charge < -0.3 is 5.11 Å². The van der Waals surface area contributed by atoms with Crippen molar-refractivity contribution in [1.29, 1.82) is 0 Å². The smallest absolute Gasteiger partial charge is 0.142 e. The van der Waals surface area contributed by atoms with Gasteiger partial charge in [0.05, 0.1) is 11.1 Å². The average molecular weight is 293 g/mol. The zero-order valence-electron chi connectivity index (χ0n) is 11.7. The van der Waals surface area contributed by atoms with E-state index < -0.39 is 11.9 Å². The summed E-state index contributed by atoms with van der Waals surface area (Å²) in [6.45, 7) is 4.05. The standard InChI is InChI=1S/C17H18ClFO/c1-11-6-7-12(2)14(8-11)10-15(20)9-13-4-3-5-16(19)17(13)18/h3-8,15,20H,9-10H2,1-2H3. The van der Waals surface area contributed by atoms with Crippen LogP contribution in [0.25, 0.3) is 0 Å². The Morgan fingerprint density at radius 3 is 2.55 bits per heavy atom. The van der Waals surface area contributed by atoms with Crippen LogP contribution in [0.3, 0.4) is 0 Å². The lowest BCUT2D eigenvalue weighted by Gasteiger charge is -2.14. The Hall–Kier alpha value is -1.38. The van der Waals surface area contributed by atoms with Gasteiger partial charge in [-0.05, 0) is 43.0 Å². The monoisotopic (exact) mass is 292 g/mol. The van der Waals surface area contributed by atoms with Crippen molar-refractivity contribution in [2.75, 3.05) is 0 Å². The molecular weight excluding hydrogens is 275 g/mol. The van der Waals surface area contributed by atoms with Crippen LogP contribution in [0.4, 0.5) is 4.39 Å². The predicted octanol–water partition coefficient (Wildman–Crippen LogP) is 4.24. The summed E-state index contributed by atoms with van der Waals surface area (Å²) in [5.41, 5.74) is 4.08. The lowest BCUT2D eigenvalue weighted by atomic mass is 9.97. The van der Waals surface area contributed by atoms with E-state index in [9.17, 15) is 9.50 Å².